The molecule has 0 aliphatic carbocycles. The van der Waals surface area contributed by atoms with E-state index in [1.54, 1.807) is 23.9 Å². The molecule has 0 atom stereocenters. The molecule has 1 fully saturated rings. The van der Waals surface area contributed by atoms with Gasteiger partial charge in [-0.3, -0.25) is 14.5 Å². The van der Waals surface area contributed by atoms with Crippen LogP contribution in [0.1, 0.15) is 27.8 Å². The van der Waals surface area contributed by atoms with Crippen LogP contribution in [0.25, 0.3) is 0 Å². The average molecular weight is 315 g/mol. The molecule has 118 valence electrons. The zero-order chi connectivity index (χ0) is 14.5. The first-order valence-corrected chi connectivity index (χ1v) is 6.96. The second kappa shape index (κ2) is 8.17. The Balaban J connectivity index is 0.00000220. The van der Waals surface area contributed by atoms with E-state index in [4.69, 9.17) is 0 Å². The van der Waals surface area contributed by atoms with Gasteiger partial charge in [0.2, 0.25) is 0 Å². The van der Waals surface area contributed by atoms with E-state index in [1.807, 2.05) is 0 Å². The Morgan fingerprint density at radius 3 is 2.57 bits per heavy atom. The number of hydrogen-bond donors (Lipinski definition) is 2. The number of hydrogen-bond acceptors (Lipinski definition) is 4. The Morgan fingerprint density at radius 2 is 2.00 bits per heavy atom. The van der Waals surface area contributed by atoms with Crippen molar-refractivity contribution in [3.05, 3.63) is 23.5 Å². The lowest BCUT2D eigenvalue weighted by atomic mass is 10.2. The molecule has 7 heteroatoms. The Hall–Kier alpha value is -1.37. The van der Waals surface area contributed by atoms with Crippen LogP contribution < -0.4 is 10.6 Å². The number of halogens is 1. The monoisotopic (exact) mass is 314 g/mol. The van der Waals surface area contributed by atoms with Crippen LogP contribution in [-0.4, -0.2) is 60.4 Å². The van der Waals surface area contributed by atoms with Gasteiger partial charge in [-0.25, -0.2) is 0 Å². The quantitative estimate of drug-likeness (QED) is 0.767. The summed E-state index contributed by atoms with van der Waals surface area (Å²) in [4.78, 5) is 25.7. The molecule has 6 nitrogen and oxygen atoms in total. The number of amides is 1. The van der Waals surface area contributed by atoms with Crippen LogP contribution in [0.5, 0.6) is 0 Å². The van der Waals surface area contributed by atoms with Crippen LogP contribution >= 0.6 is 12.4 Å². The topological polar surface area (TPSA) is 66.4 Å². The van der Waals surface area contributed by atoms with Crippen LogP contribution in [-0.2, 0) is 7.05 Å². The van der Waals surface area contributed by atoms with Crippen molar-refractivity contribution < 1.29 is 9.59 Å². The van der Waals surface area contributed by atoms with Crippen molar-refractivity contribution in [3.8, 4) is 0 Å². The molecule has 0 radical (unpaired) electrons. The normalized spacial score (nSPS) is 15.3. The minimum Gasteiger partial charge on any atom is -0.349 e. The van der Waals surface area contributed by atoms with Crippen molar-refractivity contribution in [2.75, 3.05) is 39.3 Å². The maximum atomic E-state index is 12.1. The van der Waals surface area contributed by atoms with Gasteiger partial charge in [0, 0.05) is 58.1 Å². The Kier molecular flexibility index (Phi) is 6.87. The van der Waals surface area contributed by atoms with Gasteiger partial charge in [-0.1, -0.05) is 0 Å². The highest BCUT2D eigenvalue weighted by Crippen LogP contribution is 2.07. The first-order chi connectivity index (χ1) is 9.58. The SMILES string of the molecule is CC(=O)c1cc(C(=O)NCCN2CCNCC2)n(C)c1.Cl. The van der Waals surface area contributed by atoms with Crippen LogP contribution in [0.4, 0.5) is 0 Å². The van der Waals surface area contributed by atoms with E-state index in [2.05, 4.69) is 15.5 Å². The summed E-state index contributed by atoms with van der Waals surface area (Å²) in [5, 5.41) is 6.20. The lowest BCUT2D eigenvalue weighted by Gasteiger charge is -2.27. The first kappa shape index (κ1) is 17.7. The standard InChI is InChI=1S/C14H22N4O2.ClH/c1-11(19)12-9-13(17(2)10-12)14(20)16-5-8-18-6-3-15-4-7-18;/h9-10,15H,3-8H2,1-2H3,(H,16,20);1H. The molecule has 2 rings (SSSR count). The molecule has 1 aliphatic heterocycles. The highest BCUT2D eigenvalue weighted by atomic mass is 35.5. The summed E-state index contributed by atoms with van der Waals surface area (Å²) in [6.45, 7) is 7.04. The molecular formula is C14H23ClN4O2. The molecular weight excluding hydrogens is 292 g/mol. The van der Waals surface area contributed by atoms with Crippen LogP contribution in [0.3, 0.4) is 0 Å². The van der Waals surface area contributed by atoms with Gasteiger partial charge in [0.1, 0.15) is 5.69 Å². The summed E-state index contributed by atoms with van der Waals surface area (Å²) in [6.07, 6.45) is 1.69. The highest BCUT2D eigenvalue weighted by Gasteiger charge is 2.14. The third kappa shape index (κ3) is 4.84. The van der Waals surface area contributed by atoms with Gasteiger partial charge in [-0.2, -0.15) is 0 Å². The van der Waals surface area contributed by atoms with Crippen molar-refractivity contribution >= 4 is 24.1 Å². The number of carbonyl (C=O) groups is 2. The van der Waals surface area contributed by atoms with Gasteiger partial charge < -0.3 is 15.2 Å². The molecule has 0 unspecified atom stereocenters. The van der Waals surface area contributed by atoms with E-state index in [0.717, 1.165) is 32.7 Å². The number of carbonyl (C=O) groups excluding carboxylic acids is 2. The van der Waals surface area contributed by atoms with Crippen molar-refractivity contribution in [1.82, 2.24) is 20.1 Å². The molecule has 2 N–H and O–H groups in total. The maximum absolute atomic E-state index is 12.1. The molecule has 1 aromatic heterocycles. The smallest absolute Gasteiger partial charge is 0.267 e. The molecule has 1 saturated heterocycles. The van der Waals surface area contributed by atoms with Crippen molar-refractivity contribution in [3.63, 3.8) is 0 Å². The summed E-state index contributed by atoms with van der Waals surface area (Å²) in [7, 11) is 1.78. The third-order valence-corrected chi connectivity index (χ3v) is 3.57. The fraction of sp³-hybridized carbons (Fsp3) is 0.571. The molecule has 0 spiro atoms. The average Bonchev–Trinajstić information content (AvgIpc) is 2.82. The van der Waals surface area contributed by atoms with E-state index in [9.17, 15) is 9.59 Å². The lowest BCUT2D eigenvalue weighted by Crippen LogP contribution is -2.46. The van der Waals surface area contributed by atoms with Crippen molar-refractivity contribution in [2.45, 2.75) is 6.92 Å². The van der Waals surface area contributed by atoms with Gasteiger partial charge in [0.05, 0.1) is 0 Å². The largest absolute Gasteiger partial charge is 0.349 e. The van der Waals surface area contributed by atoms with Crippen LogP contribution in [0.2, 0.25) is 0 Å². The van der Waals surface area contributed by atoms with Gasteiger partial charge in [0.15, 0.2) is 5.78 Å². The van der Waals surface area contributed by atoms with Crippen molar-refractivity contribution in [2.24, 2.45) is 7.05 Å². The second-order valence-corrected chi connectivity index (χ2v) is 5.13. The molecule has 2 heterocycles. The van der Waals surface area contributed by atoms with Crippen LogP contribution in [0.15, 0.2) is 12.3 Å². The minimum absolute atomic E-state index is 0. The number of piperazine rings is 1. The number of rotatable bonds is 5. The van der Waals surface area contributed by atoms with Gasteiger partial charge in [-0.05, 0) is 13.0 Å². The summed E-state index contributed by atoms with van der Waals surface area (Å²) in [5.41, 5.74) is 1.09. The zero-order valence-corrected chi connectivity index (χ0v) is 13.3. The number of Topliss-reactive ketones (excluding diaryl/α,β-unsaturated/α-hetero) is 1. The lowest BCUT2D eigenvalue weighted by molar-refractivity contribution is 0.0939. The molecule has 0 saturated carbocycles. The number of aromatic nitrogens is 1. The first-order valence-electron chi connectivity index (χ1n) is 6.96. The summed E-state index contributed by atoms with van der Waals surface area (Å²) < 4.78 is 1.69. The summed E-state index contributed by atoms with van der Waals surface area (Å²) in [5.74, 6) is -0.157. The van der Waals surface area contributed by atoms with Gasteiger partial charge >= 0.3 is 0 Å². The highest BCUT2D eigenvalue weighted by molar-refractivity contribution is 5.99. The Labute approximate surface area is 131 Å². The van der Waals surface area contributed by atoms with Crippen LogP contribution in [0, 0.1) is 0 Å². The number of nitrogens with one attached hydrogen (secondary N) is 2. The molecule has 1 aromatic rings. The number of nitrogens with zero attached hydrogens (tertiary/aromatic N) is 2. The predicted molar refractivity (Wildman–Crippen MR) is 84.3 cm³/mol. The van der Waals surface area contributed by atoms with Gasteiger partial charge in [-0.15, -0.1) is 12.4 Å². The zero-order valence-electron chi connectivity index (χ0n) is 12.5. The third-order valence-electron chi connectivity index (χ3n) is 3.57. The van der Waals surface area contributed by atoms with E-state index in [0.29, 0.717) is 17.8 Å². The molecule has 21 heavy (non-hydrogen) atoms. The fourth-order valence-electron chi connectivity index (χ4n) is 2.34. The summed E-state index contributed by atoms with van der Waals surface area (Å²) in [6, 6.07) is 1.64. The van der Waals surface area contributed by atoms with E-state index in [-0.39, 0.29) is 24.1 Å². The molecule has 0 bridgehead atoms. The van der Waals surface area contributed by atoms with Gasteiger partial charge in [0.25, 0.3) is 5.91 Å². The van der Waals surface area contributed by atoms with E-state index >= 15 is 0 Å². The van der Waals surface area contributed by atoms with E-state index in [1.165, 1.54) is 6.92 Å². The number of aryl methyl sites for hydroxylation is 1. The van der Waals surface area contributed by atoms with E-state index < -0.39 is 0 Å². The Morgan fingerprint density at radius 1 is 1.33 bits per heavy atom. The molecule has 1 amide bonds. The van der Waals surface area contributed by atoms with Crippen molar-refractivity contribution in [1.29, 1.82) is 0 Å². The maximum Gasteiger partial charge on any atom is 0.267 e. The molecule has 0 aromatic carbocycles. The minimum atomic E-state index is -0.130. The second-order valence-electron chi connectivity index (χ2n) is 5.13. The Bertz CT molecular complexity index is 495. The fourth-order valence-corrected chi connectivity index (χ4v) is 2.34. The molecule has 1 aliphatic rings. The summed E-state index contributed by atoms with van der Waals surface area (Å²) >= 11 is 0. The number of ketones is 1. The predicted octanol–water partition coefficient (Wildman–Crippen LogP) is 0.285.